The summed E-state index contributed by atoms with van der Waals surface area (Å²) in [6.07, 6.45) is 5.06. The molecule has 5 nitrogen and oxygen atoms in total. The first-order chi connectivity index (χ1) is 14.1. The SMILES string of the molecule is O=C(NN=C/C=C/c1ccccc1)c1cccc(NC(=O)c2ccc(F)cc2)c1. The van der Waals surface area contributed by atoms with Crippen molar-refractivity contribution in [2.45, 2.75) is 0 Å². The van der Waals surface area contributed by atoms with Crippen molar-refractivity contribution in [1.29, 1.82) is 0 Å². The van der Waals surface area contributed by atoms with Gasteiger partial charge in [0.2, 0.25) is 0 Å². The maximum absolute atomic E-state index is 13.0. The summed E-state index contributed by atoms with van der Waals surface area (Å²) in [6, 6.07) is 21.3. The van der Waals surface area contributed by atoms with Crippen LogP contribution < -0.4 is 10.7 Å². The van der Waals surface area contributed by atoms with Crippen LogP contribution >= 0.6 is 0 Å². The van der Waals surface area contributed by atoms with E-state index < -0.39 is 17.6 Å². The van der Waals surface area contributed by atoms with Gasteiger partial charge in [0.05, 0.1) is 0 Å². The number of anilines is 1. The molecule has 0 unspecified atom stereocenters. The van der Waals surface area contributed by atoms with E-state index in [0.29, 0.717) is 16.8 Å². The summed E-state index contributed by atoms with van der Waals surface area (Å²) >= 11 is 0. The molecule has 2 amide bonds. The number of benzene rings is 3. The number of carbonyl (C=O) groups is 2. The first-order valence-corrected chi connectivity index (χ1v) is 8.84. The maximum Gasteiger partial charge on any atom is 0.271 e. The predicted molar refractivity (Wildman–Crippen MR) is 112 cm³/mol. The molecule has 3 aromatic carbocycles. The molecule has 2 N–H and O–H groups in total. The highest BCUT2D eigenvalue weighted by Crippen LogP contribution is 2.13. The lowest BCUT2D eigenvalue weighted by Gasteiger charge is -2.07. The van der Waals surface area contributed by atoms with E-state index in [2.05, 4.69) is 15.8 Å². The number of rotatable bonds is 6. The Bertz CT molecular complexity index is 1050. The fourth-order valence-electron chi connectivity index (χ4n) is 2.46. The molecule has 0 saturated carbocycles. The maximum atomic E-state index is 13.0. The second-order valence-corrected chi connectivity index (χ2v) is 6.03. The molecular weight excluding hydrogens is 369 g/mol. The molecule has 3 rings (SSSR count). The highest BCUT2D eigenvalue weighted by atomic mass is 19.1. The second-order valence-electron chi connectivity index (χ2n) is 6.03. The fourth-order valence-corrected chi connectivity index (χ4v) is 2.46. The third-order valence-electron chi connectivity index (χ3n) is 3.90. The second kappa shape index (κ2) is 9.75. The zero-order valence-corrected chi connectivity index (χ0v) is 15.4. The molecular formula is C23H18FN3O2. The standard InChI is InChI=1S/C23H18FN3O2/c24-20-13-11-18(12-14-20)22(28)26-21-10-4-9-19(16-21)23(29)27-25-15-5-8-17-6-2-1-3-7-17/h1-16H,(H,26,28)(H,27,29)/b8-5+,25-15?. The molecule has 6 heteroatoms. The van der Waals surface area contributed by atoms with Crippen LogP contribution in [-0.2, 0) is 0 Å². The zero-order valence-electron chi connectivity index (χ0n) is 15.4. The Hall–Kier alpha value is -4.06. The molecule has 0 radical (unpaired) electrons. The van der Waals surface area contributed by atoms with Crippen molar-refractivity contribution in [3.8, 4) is 0 Å². The van der Waals surface area contributed by atoms with Crippen LogP contribution in [0.3, 0.4) is 0 Å². The number of carbonyl (C=O) groups excluding carboxylic acids is 2. The van der Waals surface area contributed by atoms with E-state index in [1.54, 1.807) is 24.3 Å². The summed E-state index contributed by atoms with van der Waals surface area (Å²) in [4.78, 5) is 24.4. The van der Waals surface area contributed by atoms with Crippen LogP contribution in [0.15, 0.2) is 90.0 Å². The van der Waals surface area contributed by atoms with Crippen LogP contribution in [0.2, 0.25) is 0 Å². The Morgan fingerprint density at radius 3 is 2.34 bits per heavy atom. The zero-order chi connectivity index (χ0) is 20.5. The van der Waals surface area contributed by atoms with Gasteiger partial charge in [-0.15, -0.1) is 0 Å². The van der Waals surface area contributed by atoms with Crippen molar-refractivity contribution in [1.82, 2.24) is 5.43 Å². The Morgan fingerprint density at radius 1 is 0.828 bits per heavy atom. The highest BCUT2D eigenvalue weighted by molar-refractivity contribution is 6.05. The molecule has 0 bridgehead atoms. The minimum atomic E-state index is -0.417. The van der Waals surface area contributed by atoms with Crippen molar-refractivity contribution in [2.75, 3.05) is 5.32 Å². The third-order valence-corrected chi connectivity index (χ3v) is 3.90. The van der Waals surface area contributed by atoms with Crippen LogP contribution in [0, 0.1) is 5.82 Å². The number of nitrogens with one attached hydrogen (secondary N) is 2. The molecule has 0 aromatic heterocycles. The van der Waals surface area contributed by atoms with Crippen molar-refractivity contribution in [2.24, 2.45) is 5.10 Å². The van der Waals surface area contributed by atoms with Crippen LogP contribution in [0.25, 0.3) is 6.08 Å². The van der Waals surface area contributed by atoms with E-state index >= 15 is 0 Å². The normalized spacial score (nSPS) is 10.9. The summed E-state index contributed by atoms with van der Waals surface area (Å²) in [7, 11) is 0. The number of hydrogen-bond acceptors (Lipinski definition) is 3. The van der Waals surface area contributed by atoms with E-state index in [-0.39, 0.29) is 0 Å². The number of allylic oxidation sites excluding steroid dienone is 1. The van der Waals surface area contributed by atoms with E-state index in [0.717, 1.165) is 5.56 Å². The van der Waals surface area contributed by atoms with Gasteiger partial charge in [0, 0.05) is 23.0 Å². The van der Waals surface area contributed by atoms with E-state index in [1.165, 1.54) is 36.5 Å². The van der Waals surface area contributed by atoms with Crippen LogP contribution in [-0.4, -0.2) is 18.0 Å². The monoisotopic (exact) mass is 387 g/mol. The Kier molecular flexibility index (Phi) is 6.62. The summed E-state index contributed by atoms with van der Waals surface area (Å²) < 4.78 is 13.0. The Balaban J connectivity index is 1.57. The average Bonchev–Trinajstić information content (AvgIpc) is 2.74. The predicted octanol–water partition coefficient (Wildman–Crippen LogP) is 4.51. The van der Waals surface area contributed by atoms with Crippen molar-refractivity contribution in [3.05, 3.63) is 107 Å². The lowest BCUT2D eigenvalue weighted by molar-refractivity contribution is 0.0953. The summed E-state index contributed by atoms with van der Waals surface area (Å²) in [6.45, 7) is 0. The highest BCUT2D eigenvalue weighted by Gasteiger charge is 2.09. The third kappa shape index (κ3) is 5.97. The molecule has 3 aromatic rings. The molecule has 0 aliphatic carbocycles. The average molecular weight is 387 g/mol. The van der Waals surface area contributed by atoms with Crippen LogP contribution in [0.1, 0.15) is 26.3 Å². The van der Waals surface area contributed by atoms with Crippen LogP contribution in [0.5, 0.6) is 0 Å². The first kappa shape index (κ1) is 19.7. The number of hydrogen-bond donors (Lipinski definition) is 2. The van der Waals surface area contributed by atoms with Crippen molar-refractivity contribution >= 4 is 29.8 Å². The number of halogens is 1. The van der Waals surface area contributed by atoms with Crippen molar-refractivity contribution < 1.29 is 14.0 Å². The molecule has 144 valence electrons. The lowest BCUT2D eigenvalue weighted by Crippen LogP contribution is -2.18. The quantitative estimate of drug-likeness (QED) is 0.483. The topological polar surface area (TPSA) is 70.6 Å². The van der Waals surface area contributed by atoms with Gasteiger partial charge in [0.25, 0.3) is 11.8 Å². The smallest absolute Gasteiger partial charge is 0.271 e. The molecule has 0 fully saturated rings. The van der Waals surface area contributed by atoms with E-state index in [4.69, 9.17) is 0 Å². The van der Waals surface area contributed by atoms with E-state index in [1.807, 2.05) is 36.4 Å². The van der Waals surface area contributed by atoms with Gasteiger partial charge in [-0.25, -0.2) is 9.82 Å². The van der Waals surface area contributed by atoms with Gasteiger partial charge in [-0.2, -0.15) is 5.10 Å². The van der Waals surface area contributed by atoms with E-state index in [9.17, 15) is 14.0 Å². The minimum absolute atomic E-state index is 0.316. The van der Waals surface area contributed by atoms with Gasteiger partial charge in [0.1, 0.15) is 5.82 Å². The fraction of sp³-hybridized carbons (Fsp3) is 0. The lowest BCUT2D eigenvalue weighted by atomic mass is 10.1. The van der Waals surface area contributed by atoms with Gasteiger partial charge < -0.3 is 5.32 Å². The van der Waals surface area contributed by atoms with Gasteiger partial charge in [-0.1, -0.05) is 42.5 Å². The Labute approximate surface area is 167 Å². The molecule has 0 saturated heterocycles. The largest absolute Gasteiger partial charge is 0.322 e. The summed E-state index contributed by atoms with van der Waals surface area (Å²) in [5.41, 5.74) is 4.55. The van der Waals surface area contributed by atoms with Crippen molar-refractivity contribution in [3.63, 3.8) is 0 Å². The van der Waals surface area contributed by atoms with Gasteiger partial charge in [0.15, 0.2) is 0 Å². The van der Waals surface area contributed by atoms with Crippen LogP contribution in [0.4, 0.5) is 10.1 Å². The van der Waals surface area contributed by atoms with Gasteiger partial charge in [-0.3, -0.25) is 9.59 Å². The number of nitrogens with zero attached hydrogens (tertiary/aromatic N) is 1. The van der Waals surface area contributed by atoms with Gasteiger partial charge >= 0.3 is 0 Å². The summed E-state index contributed by atoms with van der Waals surface area (Å²) in [5.74, 6) is -1.22. The number of hydrazone groups is 1. The molecule has 0 aliphatic rings. The molecule has 29 heavy (non-hydrogen) atoms. The molecule has 0 aliphatic heterocycles. The minimum Gasteiger partial charge on any atom is -0.322 e. The van der Waals surface area contributed by atoms with Gasteiger partial charge in [-0.05, 0) is 54.1 Å². The first-order valence-electron chi connectivity index (χ1n) is 8.84. The molecule has 0 heterocycles. The summed E-state index contributed by atoms with van der Waals surface area (Å²) in [5, 5.41) is 6.55. The molecule has 0 atom stereocenters. The molecule has 0 spiro atoms. The Morgan fingerprint density at radius 2 is 1.59 bits per heavy atom. The number of amides is 2.